The molecule has 2 N–H and O–H groups in total. The number of ether oxygens (including phenoxy) is 12. The molecule has 0 amide bonds. The second-order valence-electron chi connectivity index (χ2n) is 20.6. The lowest BCUT2D eigenvalue weighted by molar-refractivity contribution is -0.491. The van der Waals surface area contributed by atoms with Crippen LogP contribution in [0.5, 0.6) is 0 Å². The summed E-state index contributed by atoms with van der Waals surface area (Å²) in [7, 11) is 1.19. The van der Waals surface area contributed by atoms with Gasteiger partial charge in [-0.2, -0.15) is 0 Å². The Kier molecular flexibility index (Phi) is 8.75. The second kappa shape index (κ2) is 12.7. The van der Waals surface area contributed by atoms with Crippen LogP contribution in [0.2, 0.25) is 0 Å². The van der Waals surface area contributed by atoms with Gasteiger partial charge in [-0.05, 0) is 18.8 Å². The first kappa shape index (κ1) is 43.9. The Balaban J connectivity index is 1.39. The lowest BCUT2D eigenvalue weighted by atomic mass is 9.32. The second-order valence-corrected chi connectivity index (χ2v) is 20.6. The lowest BCUT2D eigenvalue weighted by Gasteiger charge is -2.78. The number of fused-ring (bicyclic) bond motifs is 6. The van der Waals surface area contributed by atoms with Crippen LogP contribution in [-0.2, 0) is 85.6 Å². The van der Waals surface area contributed by atoms with Gasteiger partial charge < -0.3 is 67.1 Å². The maximum absolute atomic E-state index is 15.2. The van der Waals surface area contributed by atoms with Crippen LogP contribution in [0.3, 0.4) is 0 Å². The Morgan fingerprint density at radius 1 is 0.859 bits per heavy atom. The van der Waals surface area contributed by atoms with Gasteiger partial charge in [0.1, 0.15) is 29.7 Å². The molecule has 6 saturated heterocycles. The van der Waals surface area contributed by atoms with Gasteiger partial charge in [-0.3, -0.25) is 24.0 Å². The summed E-state index contributed by atoms with van der Waals surface area (Å²) in [6.45, 7) is 16.3. The van der Waals surface area contributed by atoms with E-state index in [9.17, 15) is 34.2 Å². The number of rotatable bonds is 10. The monoisotopic (exact) mass is 904 g/mol. The molecule has 4 saturated carbocycles. The van der Waals surface area contributed by atoms with Crippen molar-refractivity contribution in [2.24, 2.45) is 39.9 Å². The van der Waals surface area contributed by atoms with E-state index in [-0.39, 0.29) is 6.42 Å². The van der Waals surface area contributed by atoms with Gasteiger partial charge in [-0.15, -0.1) is 0 Å². The van der Waals surface area contributed by atoms with Gasteiger partial charge in [-0.25, -0.2) is 4.79 Å². The summed E-state index contributed by atoms with van der Waals surface area (Å²) in [5.74, 6) is -12.6. The number of aliphatic hydroxyl groups is 2. The topological polar surface area (TPSA) is 260 Å². The summed E-state index contributed by atoms with van der Waals surface area (Å²) in [5.41, 5.74) is -17.2. The van der Waals surface area contributed by atoms with E-state index >= 15 is 4.79 Å². The minimum Gasteiger partial charge on any atom is -0.511 e. The molecule has 0 aromatic heterocycles. The number of allylic oxidation sites excluding steroid dienone is 1. The summed E-state index contributed by atoms with van der Waals surface area (Å²) < 4.78 is 77.3. The Bertz CT molecular complexity index is 2230. The number of hydrogen-bond donors (Lipinski definition) is 2. The summed E-state index contributed by atoms with van der Waals surface area (Å²) in [6, 6.07) is 0. The molecule has 0 aromatic rings. The molecule has 10 fully saturated rings. The molecular formula is C44H56O20. The largest absolute Gasteiger partial charge is 0.511 e. The standard InChI is InChI=1S/C44H56O20/c1-13-17(4)29(50)58-32-36(8)15-40-38(10,21(36)14-22(48)53-12)44-27(55-19(6)46)26(54-18(5)45)37(9)25(43(44,63-39(11,62-40)64-44)34(42(32,40)52)56-20(7)47)23(24(49)16(2)3)30(51)59-33(37)41-28-31(57-28)60-35(41)61-41/h16-17,21,25-28,31-35,49,52H,13-15H2,1-12H3/b24-23-/t17?,21-,25+,26-,27+,28+,31+,32-,33+,34+,35+,36+,37-,38+,39?,40?,41-,42-,43+,44-/m0/s1. The van der Waals surface area contributed by atoms with Gasteiger partial charge in [0, 0.05) is 56.8 Å². The van der Waals surface area contributed by atoms with Crippen molar-refractivity contribution in [3.8, 4) is 0 Å². The van der Waals surface area contributed by atoms with Gasteiger partial charge in [0.05, 0.1) is 24.0 Å². The Morgan fingerprint density at radius 3 is 2.06 bits per heavy atom. The predicted molar refractivity (Wildman–Crippen MR) is 205 cm³/mol. The first-order chi connectivity index (χ1) is 29.7. The number of hydrogen-bond acceptors (Lipinski definition) is 20. The quantitative estimate of drug-likeness (QED) is 0.104. The zero-order valence-electron chi connectivity index (χ0n) is 37.8. The maximum atomic E-state index is 15.2. The molecule has 3 unspecified atom stereocenters. The van der Waals surface area contributed by atoms with E-state index in [0.29, 0.717) is 6.42 Å². The molecule has 10 aliphatic rings. The third-order valence-corrected chi connectivity index (χ3v) is 17.2. The number of carbonyl (C=O) groups excluding carboxylic acids is 6. The molecule has 0 radical (unpaired) electrons. The fourth-order valence-corrected chi connectivity index (χ4v) is 15.0. The number of carbonyl (C=O) groups is 6. The Morgan fingerprint density at radius 2 is 1.50 bits per heavy atom. The number of aliphatic hydroxyl groups excluding tert-OH is 1. The molecule has 4 bridgehead atoms. The zero-order chi connectivity index (χ0) is 46.7. The van der Waals surface area contributed by atoms with Crippen molar-refractivity contribution >= 4 is 35.8 Å². The molecule has 10 rings (SSSR count). The van der Waals surface area contributed by atoms with Gasteiger partial charge >= 0.3 is 35.8 Å². The molecule has 4 aliphatic carbocycles. The summed E-state index contributed by atoms with van der Waals surface area (Å²) >= 11 is 0. The third kappa shape index (κ3) is 4.50. The molecule has 0 aromatic carbocycles. The predicted octanol–water partition coefficient (Wildman–Crippen LogP) is 1.94. The van der Waals surface area contributed by atoms with Crippen molar-refractivity contribution in [2.75, 3.05) is 7.11 Å². The van der Waals surface area contributed by atoms with Gasteiger partial charge in [-0.1, -0.05) is 48.5 Å². The highest BCUT2D eigenvalue weighted by Gasteiger charge is 3.07. The molecule has 20 nitrogen and oxygen atoms in total. The maximum Gasteiger partial charge on any atom is 0.338 e. The molecular weight excluding hydrogens is 848 g/mol. The average Bonchev–Trinajstić information content (AvgIpc) is 4.07. The number of cyclic esters (lactones) is 1. The van der Waals surface area contributed by atoms with Crippen molar-refractivity contribution < 1.29 is 95.8 Å². The molecule has 20 heteroatoms. The number of esters is 6. The average molecular weight is 905 g/mol. The van der Waals surface area contributed by atoms with E-state index in [2.05, 4.69) is 0 Å². The Hall–Kier alpha value is -3.92. The molecule has 352 valence electrons. The fraction of sp³-hybridized carbons (Fsp3) is 0.818. The lowest BCUT2D eigenvalue weighted by Crippen LogP contribution is -2.98. The minimum atomic E-state index is -2.66. The van der Waals surface area contributed by atoms with Crippen LogP contribution >= 0.6 is 0 Å². The van der Waals surface area contributed by atoms with Crippen LogP contribution in [0.1, 0.15) is 95.4 Å². The summed E-state index contributed by atoms with van der Waals surface area (Å²) in [5, 5.41) is 26.8. The van der Waals surface area contributed by atoms with E-state index in [1.807, 2.05) is 0 Å². The van der Waals surface area contributed by atoms with Crippen LogP contribution in [0, 0.1) is 39.9 Å². The van der Waals surface area contributed by atoms with Gasteiger partial charge in [0.15, 0.2) is 53.3 Å². The van der Waals surface area contributed by atoms with E-state index in [1.54, 1.807) is 48.5 Å². The Labute approximate surface area is 368 Å². The third-order valence-electron chi connectivity index (χ3n) is 17.2. The minimum absolute atomic E-state index is 0.195. The molecule has 20 atom stereocenters. The highest BCUT2D eigenvalue weighted by molar-refractivity contribution is 5.92. The summed E-state index contributed by atoms with van der Waals surface area (Å²) in [4.78, 5) is 84.9. The van der Waals surface area contributed by atoms with Crippen molar-refractivity contribution in [3.63, 3.8) is 0 Å². The first-order valence-electron chi connectivity index (χ1n) is 22.0. The summed E-state index contributed by atoms with van der Waals surface area (Å²) in [6.07, 6.45) is -11.7. The van der Waals surface area contributed by atoms with Crippen molar-refractivity contribution in [2.45, 2.75) is 179 Å². The SMILES string of the molecule is CCC(C)C(=O)O[C@H]1[C@]2(C)CC34OC5(C)O[C@]6([C@@H]7/C(=C(/O)C(C)C)C(=O)O[C@@H]([C@]89O[C@H]8O[C@H]8O[C@H]89)[C@]7(C)[C@@H](OC(C)=O)[C@@H](OC(C)=O)[C@]6(O5)[C@]3(C)[C@H]2CC(=O)OC)[C@H](OC(C)=O)[C@@]14O. The number of methoxy groups -OCH3 is 1. The molecule has 6 aliphatic heterocycles. The van der Waals surface area contributed by atoms with Crippen LogP contribution < -0.4 is 0 Å². The van der Waals surface area contributed by atoms with E-state index in [1.165, 1.54) is 14.0 Å². The fourth-order valence-electron chi connectivity index (χ4n) is 15.0. The molecule has 2 spiro atoms. The van der Waals surface area contributed by atoms with Crippen molar-refractivity contribution in [1.29, 1.82) is 0 Å². The smallest absolute Gasteiger partial charge is 0.338 e. The normalized spacial score (nSPS) is 53.5. The van der Waals surface area contributed by atoms with Crippen molar-refractivity contribution in [3.05, 3.63) is 11.3 Å². The van der Waals surface area contributed by atoms with Crippen LogP contribution in [0.4, 0.5) is 0 Å². The zero-order valence-corrected chi connectivity index (χ0v) is 37.8. The highest BCUT2D eigenvalue weighted by atomic mass is 16.9. The highest BCUT2D eigenvalue weighted by Crippen LogP contribution is 2.90. The van der Waals surface area contributed by atoms with E-state index in [0.717, 1.165) is 20.8 Å². The number of epoxide rings is 2. The van der Waals surface area contributed by atoms with Crippen LogP contribution in [0.15, 0.2) is 11.3 Å². The van der Waals surface area contributed by atoms with Gasteiger partial charge in [0.2, 0.25) is 0 Å². The molecule has 64 heavy (non-hydrogen) atoms. The van der Waals surface area contributed by atoms with E-state index < -0.39 is 177 Å². The first-order valence-corrected chi connectivity index (χ1v) is 22.0. The van der Waals surface area contributed by atoms with E-state index in [4.69, 9.17) is 56.8 Å². The van der Waals surface area contributed by atoms with Crippen molar-refractivity contribution in [1.82, 2.24) is 0 Å². The van der Waals surface area contributed by atoms with Crippen LogP contribution in [-0.4, -0.2) is 136 Å². The van der Waals surface area contributed by atoms with Crippen LogP contribution in [0.25, 0.3) is 0 Å². The molecule has 6 heterocycles. The van der Waals surface area contributed by atoms with Gasteiger partial charge in [0.25, 0.3) is 5.97 Å².